The van der Waals surface area contributed by atoms with Gasteiger partial charge in [0, 0.05) is 54.3 Å². The summed E-state index contributed by atoms with van der Waals surface area (Å²) < 4.78 is 66.8. The lowest BCUT2D eigenvalue weighted by molar-refractivity contribution is -0.136. The Balaban J connectivity index is 1.29. The number of nitrogen functional groups attached to an aromatic ring is 1. The van der Waals surface area contributed by atoms with E-state index in [1.807, 2.05) is 11.0 Å². The molecule has 9 nitrogen and oxygen atoms in total. The first-order valence-corrected chi connectivity index (χ1v) is 16.5. The number of pyridine rings is 1. The van der Waals surface area contributed by atoms with Gasteiger partial charge in [0.2, 0.25) is 0 Å². The first-order valence-electron chi connectivity index (χ1n) is 15.7. The lowest BCUT2D eigenvalue weighted by Gasteiger charge is -2.34. The maximum Gasteiger partial charge on any atom is 0.420 e. The van der Waals surface area contributed by atoms with E-state index in [1.165, 1.54) is 25.1 Å². The van der Waals surface area contributed by atoms with E-state index in [1.54, 1.807) is 0 Å². The zero-order valence-corrected chi connectivity index (χ0v) is 25.8. The van der Waals surface area contributed by atoms with Gasteiger partial charge in [-0.1, -0.05) is 0 Å². The monoisotopic (exact) mass is 652 g/mol. The molecule has 0 spiro atoms. The van der Waals surface area contributed by atoms with E-state index in [4.69, 9.17) is 15.5 Å². The second-order valence-corrected chi connectivity index (χ2v) is 14.2. The summed E-state index contributed by atoms with van der Waals surface area (Å²) in [7, 11) is 0. The zero-order chi connectivity index (χ0) is 31.8. The number of thiophene rings is 1. The number of nitriles is 1. The summed E-state index contributed by atoms with van der Waals surface area (Å²) in [6.45, 7) is 4.48. The molecule has 1 aromatic carbocycles. The van der Waals surface area contributed by atoms with Crippen molar-refractivity contribution in [1.29, 1.82) is 5.26 Å². The molecule has 6 heterocycles. The van der Waals surface area contributed by atoms with Gasteiger partial charge >= 0.3 is 12.2 Å². The Morgan fingerprint density at radius 3 is 2.54 bits per heavy atom. The molecule has 4 aromatic rings. The van der Waals surface area contributed by atoms with Crippen molar-refractivity contribution >= 4 is 43.1 Å². The molecule has 0 radical (unpaired) electrons. The maximum absolute atomic E-state index is 15.3. The number of ether oxygens (including phenoxy) is 1. The minimum Gasteiger partial charge on any atom is -0.463 e. The molecule has 0 amide bonds. The first-order chi connectivity index (χ1) is 22.1. The van der Waals surface area contributed by atoms with Crippen molar-refractivity contribution in [3.05, 3.63) is 35.3 Å². The van der Waals surface area contributed by atoms with E-state index in [0.29, 0.717) is 25.5 Å². The molecule has 46 heavy (non-hydrogen) atoms. The molecule has 1 aliphatic carbocycles. The Morgan fingerprint density at radius 1 is 1.13 bits per heavy atom. The van der Waals surface area contributed by atoms with Crippen LogP contribution in [0.25, 0.3) is 32.2 Å². The van der Waals surface area contributed by atoms with Gasteiger partial charge in [-0.15, -0.1) is 11.3 Å². The summed E-state index contributed by atoms with van der Waals surface area (Å²) in [4.78, 5) is 18.0. The Labute approximate surface area is 266 Å². The molecular formula is C32H32F4N8OS. The van der Waals surface area contributed by atoms with E-state index in [0.717, 1.165) is 62.7 Å². The number of benzene rings is 1. The minimum absolute atomic E-state index is 0.00186. The topological polar surface area (TPSA) is 116 Å². The number of nitrogens with two attached hydrogens (primary N) is 1. The number of hydrogen-bond acceptors (Lipinski definition) is 10. The van der Waals surface area contributed by atoms with Gasteiger partial charge in [-0.3, -0.25) is 4.98 Å². The summed E-state index contributed by atoms with van der Waals surface area (Å²) >= 11 is 0.821. The van der Waals surface area contributed by atoms with Crippen LogP contribution in [0.5, 0.6) is 6.01 Å². The van der Waals surface area contributed by atoms with Crippen LogP contribution in [0.2, 0.25) is 0 Å². The molecule has 14 heteroatoms. The number of likely N-dealkylation sites (tertiary alicyclic amines) is 1. The molecule has 2 bridgehead atoms. The minimum atomic E-state index is -4.91. The van der Waals surface area contributed by atoms with E-state index in [2.05, 4.69) is 20.2 Å². The van der Waals surface area contributed by atoms with Crippen LogP contribution in [0.15, 0.2) is 18.3 Å². The van der Waals surface area contributed by atoms with Crippen molar-refractivity contribution < 1.29 is 22.3 Å². The van der Waals surface area contributed by atoms with Gasteiger partial charge < -0.3 is 25.6 Å². The van der Waals surface area contributed by atoms with Crippen molar-refractivity contribution in [3.63, 3.8) is 0 Å². The van der Waals surface area contributed by atoms with Crippen LogP contribution in [-0.4, -0.2) is 71.3 Å². The molecular weight excluding hydrogens is 620 g/mol. The Morgan fingerprint density at radius 2 is 1.87 bits per heavy atom. The number of nitrogens with one attached hydrogen (secondary N) is 1. The fraction of sp³-hybridized carbons (Fsp3) is 0.500. The third kappa shape index (κ3) is 5.09. The average molecular weight is 653 g/mol. The van der Waals surface area contributed by atoms with Crippen LogP contribution >= 0.6 is 11.3 Å². The second kappa shape index (κ2) is 10.9. The summed E-state index contributed by atoms with van der Waals surface area (Å²) in [5, 5.41) is 13.6. The number of anilines is 2. The smallest absolute Gasteiger partial charge is 0.420 e. The third-order valence-corrected chi connectivity index (χ3v) is 10.9. The van der Waals surface area contributed by atoms with Gasteiger partial charge in [-0.2, -0.15) is 28.4 Å². The van der Waals surface area contributed by atoms with E-state index >= 15 is 13.2 Å². The van der Waals surface area contributed by atoms with Crippen LogP contribution in [0, 0.1) is 22.6 Å². The molecule has 3 aliphatic heterocycles. The molecule has 2 atom stereocenters. The molecule has 240 valence electrons. The van der Waals surface area contributed by atoms with Crippen molar-refractivity contribution in [1.82, 2.24) is 25.2 Å². The first kappa shape index (κ1) is 29.6. The number of fused-ring (bicyclic) bond motifs is 4. The number of hydrogen-bond donors (Lipinski definition) is 2. The number of rotatable bonds is 7. The van der Waals surface area contributed by atoms with Crippen molar-refractivity contribution in [2.45, 2.75) is 56.8 Å². The fourth-order valence-electron chi connectivity index (χ4n) is 7.46. The predicted molar refractivity (Wildman–Crippen MR) is 167 cm³/mol. The second-order valence-electron chi connectivity index (χ2n) is 13.1. The lowest BCUT2D eigenvalue weighted by Crippen LogP contribution is -2.51. The molecule has 4 fully saturated rings. The molecule has 8 rings (SSSR count). The highest BCUT2D eigenvalue weighted by Crippen LogP contribution is 2.49. The molecule has 1 saturated carbocycles. The standard InChI is InChI=1S/C32H32F4N8OS/c33-22-6-5-19(23-20(11-37)28(38)46-27(22)23)25-24(32(34,35)36)26-21(12-39-25)29(44-13-17-3-4-18(14-44)40-17)42-30(41-26)45-16-31(7-8-31)15-43-9-1-2-10-43/h5-6,12,17-18,40H,1-4,7-10,13-16,38H2. The predicted octanol–water partition coefficient (Wildman–Crippen LogP) is 5.71. The van der Waals surface area contributed by atoms with Crippen molar-refractivity contribution in [2.24, 2.45) is 5.41 Å². The molecule has 3 N–H and O–H groups in total. The lowest BCUT2D eigenvalue weighted by atomic mass is 9.97. The van der Waals surface area contributed by atoms with E-state index in [-0.39, 0.29) is 60.6 Å². The van der Waals surface area contributed by atoms with Gasteiger partial charge in [0.15, 0.2) is 0 Å². The average Bonchev–Trinajstić information content (AvgIpc) is 3.28. The summed E-state index contributed by atoms with van der Waals surface area (Å²) in [5.41, 5.74) is 3.94. The van der Waals surface area contributed by atoms with Gasteiger partial charge in [-0.05, 0) is 63.7 Å². The van der Waals surface area contributed by atoms with Gasteiger partial charge in [0.05, 0.1) is 33.5 Å². The van der Waals surface area contributed by atoms with E-state index < -0.39 is 23.3 Å². The Hall–Kier alpha value is -3.80. The number of halogens is 4. The summed E-state index contributed by atoms with van der Waals surface area (Å²) in [6, 6.07) is 4.54. The quantitative estimate of drug-likeness (QED) is 0.242. The van der Waals surface area contributed by atoms with E-state index in [9.17, 15) is 9.65 Å². The van der Waals surface area contributed by atoms with Crippen LogP contribution in [0.3, 0.4) is 0 Å². The van der Waals surface area contributed by atoms with Gasteiger partial charge in [0.1, 0.15) is 28.3 Å². The summed E-state index contributed by atoms with van der Waals surface area (Å²) in [6.07, 6.45) is 2.72. The number of aromatic nitrogens is 3. The molecule has 3 saturated heterocycles. The fourth-order valence-corrected chi connectivity index (χ4v) is 8.41. The zero-order valence-electron chi connectivity index (χ0n) is 25.0. The van der Waals surface area contributed by atoms with Crippen LogP contribution < -0.4 is 20.7 Å². The number of piperazine rings is 1. The molecule has 2 unspecified atom stereocenters. The largest absolute Gasteiger partial charge is 0.463 e. The van der Waals surface area contributed by atoms with Gasteiger partial charge in [-0.25, -0.2) is 4.39 Å². The van der Waals surface area contributed by atoms with Crippen molar-refractivity contribution in [3.8, 4) is 23.3 Å². The number of nitrogens with zero attached hydrogens (tertiary/aromatic N) is 6. The highest BCUT2D eigenvalue weighted by molar-refractivity contribution is 7.23. The maximum atomic E-state index is 15.3. The van der Waals surface area contributed by atoms with Crippen LogP contribution in [0.1, 0.15) is 49.7 Å². The highest BCUT2D eigenvalue weighted by Gasteiger charge is 2.46. The molecule has 3 aromatic heterocycles. The summed E-state index contributed by atoms with van der Waals surface area (Å²) in [5.74, 6) is -0.322. The van der Waals surface area contributed by atoms with Crippen LogP contribution in [-0.2, 0) is 6.18 Å². The Bertz CT molecular complexity index is 1880. The third-order valence-electron chi connectivity index (χ3n) is 9.91. The van der Waals surface area contributed by atoms with Crippen molar-refractivity contribution in [2.75, 3.05) is 50.0 Å². The van der Waals surface area contributed by atoms with Gasteiger partial charge in [0.25, 0.3) is 0 Å². The highest BCUT2D eigenvalue weighted by atomic mass is 32.1. The molecule has 4 aliphatic rings. The van der Waals surface area contributed by atoms with Crippen LogP contribution in [0.4, 0.5) is 28.4 Å². The Kier molecular flexibility index (Phi) is 7.00. The normalized spacial score (nSPS) is 22.5. The SMILES string of the molecule is N#Cc1c(N)sc2c(F)ccc(-c3ncc4c(N5CC6CCC(C5)N6)nc(OCC5(CN6CCCC6)CC5)nc4c3C(F)(F)F)c12. The number of alkyl halides is 3.